The van der Waals surface area contributed by atoms with Gasteiger partial charge in [-0.3, -0.25) is 0 Å². The Bertz CT molecular complexity index is 286. The average molecular weight is 166 g/mol. The van der Waals surface area contributed by atoms with Gasteiger partial charge in [-0.15, -0.1) is 12.6 Å². The van der Waals surface area contributed by atoms with Gasteiger partial charge in [0, 0.05) is 11.9 Å². The molecule has 0 atom stereocenters. The lowest BCUT2D eigenvalue weighted by Crippen LogP contribution is -1.86. The van der Waals surface area contributed by atoms with E-state index in [0.717, 1.165) is 10.7 Å². The Morgan fingerprint density at radius 3 is 3.00 bits per heavy atom. The first-order chi connectivity index (χ1) is 5.24. The second-order valence-corrected chi connectivity index (χ2v) is 2.64. The van der Waals surface area contributed by atoms with Crippen molar-refractivity contribution in [1.29, 1.82) is 0 Å². The minimum absolute atomic E-state index is 0.724. The van der Waals surface area contributed by atoms with Crippen LogP contribution in [0.15, 0.2) is 36.3 Å². The SMILES string of the molecule is C=C/C=C(\C)n1cnc(S)c1. The molecule has 0 amide bonds. The van der Waals surface area contributed by atoms with Crippen LogP contribution in [-0.4, -0.2) is 9.55 Å². The van der Waals surface area contributed by atoms with E-state index in [2.05, 4.69) is 24.2 Å². The summed E-state index contributed by atoms with van der Waals surface area (Å²) in [7, 11) is 0. The van der Waals surface area contributed by atoms with Crippen molar-refractivity contribution >= 4 is 18.3 Å². The fourth-order valence-corrected chi connectivity index (χ4v) is 0.938. The summed E-state index contributed by atoms with van der Waals surface area (Å²) in [5.41, 5.74) is 1.08. The normalized spacial score (nSPS) is 11.6. The first-order valence-electron chi connectivity index (χ1n) is 3.26. The van der Waals surface area contributed by atoms with E-state index < -0.39 is 0 Å². The highest BCUT2D eigenvalue weighted by atomic mass is 32.1. The van der Waals surface area contributed by atoms with Gasteiger partial charge in [-0.2, -0.15) is 0 Å². The van der Waals surface area contributed by atoms with Crippen molar-refractivity contribution in [2.75, 3.05) is 0 Å². The number of allylic oxidation sites excluding steroid dienone is 3. The number of hydrogen-bond acceptors (Lipinski definition) is 2. The van der Waals surface area contributed by atoms with E-state index in [0.29, 0.717) is 0 Å². The largest absolute Gasteiger partial charge is 0.309 e. The van der Waals surface area contributed by atoms with Gasteiger partial charge < -0.3 is 4.57 Å². The van der Waals surface area contributed by atoms with Gasteiger partial charge in [0.1, 0.15) is 11.4 Å². The molecule has 58 valence electrons. The van der Waals surface area contributed by atoms with Crippen molar-refractivity contribution in [3.05, 3.63) is 31.3 Å². The number of rotatable bonds is 2. The zero-order valence-corrected chi connectivity index (χ0v) is 7.25. The molecule has 0 saturated carbocycles. The fourth-order valence-electron chi connectivity index (χ4n) is 0.762. The monoisotopic (exact) mass is 166 g/mol. The van der Waals surface area contributed by atoms with E-state index in [1.54, 1.807) is 12.4 Å². The van der Waals surface area contributed by atoms with Crippen LogP contribution in [0.5, 0.6) is 0 Å². The molecule has 0 fully saturated rings. The molecule has 1 heterocycles. The molecule has 0 unspecified atom stereocenters. The maximum Gasteiger partial charge on any atom is 0.111 e. The van der Waals surface area contributed by atoms with Gasteiger partial charge in [0.25, 0.3) is 0 Å². The molecule has 0 aliphatic carbocycles. The molecule has 1 aromatic rings. The molecule has 0 aliphatic heterocycles. The van der Waals surface area contributed by atoms with Crippen molar-refractivity contribution in [2.45, 2.75) is 11.9 Å². The maximum atomic E-state index is 4.08. The van der Waals surface area contributed by atoms with Gasteiger partial charge in [-0.1, -0.05) is 12.7 Å². The van der Waals surface area contributed by atoms with Gasteiger partial charge in [0.2, 0.25) is 0 Å². The molecule has 2 nitrogen and oxygen atoms in total. The summed E-state index contributed by atoms with van der Waals surface area (Å²) in [4.78, 5) is 3.97. The van der Waals surface area contributed by atoms with Crippen molar-refractivity contribution in [1.82, 2.24) is 9.55 Å². The Labute approximate surface area is 71.7 Å². The Morgan fingerprint density at radius 2 is 2.55 bits per heavy atom. The summed E-state index contributed by atoms with van der Waals surface area (Å²) in [6.45, 7) is 5.59. The van der Waals surface area contributed by atoms with Gasteiger partial charge in [-0.05, 0) is 13.0 Å². The number of nitrogens with zero attached hydrogens (tertiary/aromatic N) is 2. The lowest BCUT2D eigenvalue weighted by molar-refractivity contribution is 1.08. The number of imidazole rings is 1. The molecule has 0 saturated heterocycles. The van der Waals surface area contributed by atoms with E-state index in [1.807, 2.05) is 23.8 Å². The first-order valence-corrected chi connectivity index (χ1v) is 3.71. The third-order valence-corrected chi connectivity index (χ3v) is 1.57. The zero-order valence-electron chi connectivity index (χ0n) is 6.36. The fraction of sp³-hybridized carbons (Fsp3) is 0.125. The van der Waals surface area contributed by atoms with Gasteiger partial charge >= 0.3 is 0 Å². The van der Waals surface area contributed by atoms with Crippen LogP contribution in [0.4, 0.5) is 0 Å². The van der Waals surface area contributed by atoms with E-state index in [-0.39, 0.29) is 0 Å². The third-order valence-electron chi connectivity index (χ3n) is 1.34. The summed E-state index contributed by atoms with van der Waals surface area (Å²) in [6.07, 6.45) is 7.22. The van der Waals surface area contributed by atoms with Crippen LogP contribution in [-0.2, 0) is 0 Å². The van der Waals surface area contributed by atoms with Crippen molar-refractivity contribution in [3.63, 3.8) is 0 Å². The molecular formula is C8H10N2S. The van der Waals surface area contributed by atoms with Gasteiger partial charge in [0.05, 0.1) is 0 Å². The standard InChI is InChI=1S/C8H10N2S/c1-3-4-7(2)10-5-8(11)9-6-10/h3-6,11H,1H2,2H3/b7-4+. The molecule has 0 aromatic carbocycles. The Balaban J connectivity index is 2.93. The van der Waals surface area contributed by atoms with Crippen LogP contribution in [0.25, 0.3) is 5.70 Å². The summed E-state index contributed by atoms with van der Waals surface area (Å²) in [6, 6.07) is 0. The third kappa shape index (κ3) is 1.98. The quantitative estimate of drug-likeness (QED) is 0.527. The lowest BCUT2D eigenvalue weighted by Gasteiger charge is -1.97. The molecule has 0 radical (unpaired) electrons. The molecular weight excluding hydrogens is 156 g/mol. The van der Waals surface area contributed by atoms with Crippen molar-refractivity contribution in [3.8, 4) is 0 Å². The van der Waals surface area contributed by atoms with E-state index in [4.69, 9.17) is 0 Å². The minimum atomic E-state index is 0.724. The lowest BCUT2D eigenvalue weighted by atomic mass is 10.4. The zero-order chi connectivity index (χ0) is 8.27. The highest BCUT2D eigenvalue weighted by Gasteiger charge is 1.93. The molecule has 3 heteroatoms. The summed E-state index contributed by atoms with van der Waals surface area (Å²) < 4.78 is 1.89. The highest BCUT2D eigenvalue weighted by molar-refractivity contribution is 7.80. The van der Waals surface area contributed by atoms with Crippen LogP contribution in [0, 0.1) is 0 Å². The topological polar surface area (TPSA) is 17.8 Å². The van der Waals surface area contributed by atoms with E-state index in [9.17, 15) is 0 Å². The van der Waals surface area contributed by atoms with Crippen LogP contribution < -0.4 is 0 Å². The predicted molar refractivity (Wildman–Crippen MR) is 49.6 cm³/mol. The number of aromatic nitrogens is 2. The van der Waals surface area contributed by atoms with Gasteiger partial charge in [0.15, 0.2) is 0 Å². The number of hydrogen-bond donors (Lipinski definition) is 1. The van der Waals surface area contributed by atoms with Crippen molar-refractivity contribution < 1.29 is 0 Å². The molecule has 0 bridgehead atoms. The summed E-state index contributed by atoms with van der Waals surface area (Å²) in [5, 5.41) is 0.724. The van der Waals surface area contributed by atoms with Crippen LogP contribution >= 0.6 is 12.6 Å². The van der Waals surface area contributed by atoms with Crippen LogP contribution in [0.3, 0.4) is 0 Å². The Hall–Kier alpha value is -0.960. The van der Waals surface area contributed by atoms with Crippen molar-refractivity contribution in [2.24, 2.45) is 0 Å². The smallest absolute Gasteiger partial charge is 0.111 e. The Kier molecular flexibility index (Phi) is 2.54. The minimum Gasteiger partial charge on any atom is -0.309 e. The summed E-state index contributed by atoms with van der Waals surface area (Å²) in [5.74, 6) is 0. The molecule has 0 aliphatic rings. The van der Waals surface area contributed by atoms with Gasteiger partial charge in [-0.25, -0.2) is 4.98 Å². The molecule has 1 aromatic heterocycles. The molecule has 0 N–H and O–H groups in total. The molecule has 1 rings (SSSR count). The molecule has 0 spiro atoms. The second kappa shape index (κ2) is 3.44. The Morgan fingerprint density at radius 1 is 1.82 bits per heavy atom. The summed E-state index contributed by atoms with van der Waals surface area (Å²) >= 11 is 4.08. The second-order valence-electron chi connectivity index (χ2n) is 2.18. The van der Waals surface area contributed by atoms with Crippen LogP contribution in [0.2, 0.25) is 0 Å². The first kappa shape index (κ1) is 8.14. The molecule has 11 heavy (non-hydrogen) atoms. The highest BCUT2D eigenvalue weighted by Crippen LogP contribution is 2.07. The maximum absolute atomic E-state index is 4.08. The average Bonchev–Trinajstić information content (AvgIpc) is 2.36. The van der Waals surface area contributed by atoms with E-state index in [1.165, 1.54) is 0 Å². The van der Waals surface area contributed by atoms with Crippen LogP contribution in [0.1, 0.15) is 6.92 Å². The predicted octanol–water partition coefficient (Wildman–Crippen LogP) is 2.22. The van der Waals surface area contributed by atoms with E-state index >= 15 is 0 Å². The number of thiol groups is 1.